The Bertz CT molecular complexity index is 341. The van der Waals surface area contributed by atoms with Gasteiger partial charge >= 0.3 is 0 Å². The number of anilines is 1. The van der Waals surface area contributed by atoms with Crippen molar-refractivity contribution in [3.63, 3.8) is 0 Å². The molecule has 3 heteroatoms. The minimum atomic E-state index is 0.400. The van der Waals surface area contributed by atoms with Gasteiger partial charge in [0, 0.05) is 30.9 Å². The van der Waals surface area contributed by atoms with Crippen molar-refractivity contribution in [2.45, 2.75) is 19.4 Å². The summed E-state index contributed by atoms with van der Waals surface area (Å²) in [5.74, 6) is 0. The summed E-state index contributed by atoms with van der Waals surface area (Å²) in [5.41, 5.74) is 2.79. The maximum Gasteiger partial charge on any atom is 0.0401 e. The van der Waals surface area contributed by atoms with E-state index in [1.165, 1.54) is 0 Å². The van der Waals surface area contributed by atoms with Gasteiger partial charge in [-0.15, -0.1) is 0 Å². The van der Waals surface area contributed by atoms with Gasteiger partial charge in [0.15, 0.2) is 0 Å². The fourth-order valence-corrected chi connectivity index (χ4v) is 1.43. The van der Waals surface area contributed by atoms with Gasteiger partial charge in [0.1, 0.15) is 0 Å². The molecule has 1 rings (SSSR count). The normalized spacial score (nSPS) is 12.6. The summed E-state index contributed by atoms with van der Waals surface area (Å²) < 4.78 is 0. The third-order valence-electron chi connectivity index (χ3n) is 2.90. The maximum absolute atomic E-state index is 8.03. The summed E-state index contributed by atoms with van der Waals surface area (Å²) in [7, 11) is 5.98. The molecule has 0 aliphatic rings. The van der Waals surface area contributed by atoms with Gasteiger partial charge in [-0.05, 0) is 38.7 Å². The van der Waals surface area contributed by atoms with E-state index in [-0.39, 0.29) is 0 Å². The summed E-state index contributed by atoms with van der Waals surface area (Å²) in [5, 5.41) is 11.1. The van der Waals surface area contributed by atoms with E-state index in [9.17, 15) is 0 Å². The lowest BCUT2D eigenvalue weighted by Gasteiger charge is -2.20. The second kappa shape index (κ2) is 5.66. The van der Waals surface area contributed by atoms with Crippen molar-refractivity contribution in [1.29, 1.82) is 5.41 Å². The minimum absolute atomic E-state index is 0.400. The standard InChI is InChI=1S/C13H21N3/c1-10(16(3)4)9-13(14)11-5-7-12(15-2)8-6-11/h5-8,10,14-15H,9H2,1-4H3. The average molecular weight is 219 g/mol. The Hall–Kier alpha value is -1.35. The zero-order valence-electron chi connectivity index (χ0n) is 10.5. The van der Waals surface area contributed by atoms with E-state index in [2.05, 4.69) is 17.1 Å². The fourth-order valence-electron chi connectivity index (χ4n) is 1.43. The Morgan fingerprint density at radius 3 is 2.31 bits per heavy atom. The zero-order chi connectivity index (χ0) is 12.1. The van der Waals surface area contributed by atoms with Gasteiger partial charge < -0.3 is 15.6 Å². The molecular weight excluding hydrogens is 198 g/mol. The molecule has 1 unspecified atom stereocenters. The van der Waals surface area contributed by atoms with Crippen LogP contribution < -0.4 is 5.32 Å². The van der Waals surface area contributed by atoms with Crippen molar-refractivity contribution in [2.75, 3.05) is 26.5 Å². The number of hydrogen-bond acceptors (Lipinski definition) is 3. The predicted octanol–water partition coefficient (Wildman–Crippen LogP) is 2.44. The number of benzene rings is 1. The molecule has 1 aromatic rings. The largest absolute Gasteiger partial charge is 0.388 e. The third kappa shape index (κ3) is 3.35. The van der Waals surface area contributed by atoms with E-state index in [1.54, 1.807) is 0 Å². The van der Waals surface area contributed by atoms with E-state index in [4.69, 9.17) is 5.41 Å². The molecule has 0 spiro atoms. The van der Waals surface area contributed by atoms with E-state index in [0.717, 1.165) is 17.7 Å². The predicted molar refractivity (Wildman–Crippen MR) is 70.6 cm³/mol. The van der Waals surface area contributed by atoms with E-state index < -0.39 is 0 Å². The fraction of sp³-hybridized carbons (Fsp3) is 0.462. The highest BCUT2D eigenvalue weighted by molar-refractivity contribution is 5.98. The molecule has 3 nitrogen and oxygen atoms in total. The van der Waals surface area contributed by atoms with Gasteiger partial charge in [0.25, 0.3) is 0 Å². The molecule has 0 fully saturated rings. The van der Waals surface area contributed by atoms with Crippen LogP contribution in [0.1, 0.15) is 18.9 Å². The molecule has 0 aliphatic heterocycles. The zero-order valence-corrected chi connectivity index (χ0v) is 10.5. The number of nitrogens with one attached hydrogen (secondary N) is 2. The average Bonchev–Trinajstić information content (AvgIpc) is 2.28. The van der Waals surface area contributed by atoms with Crippen LogP contribution in [0.15, 0.2) is 24.3 Å². The van der Waals surface area contributed by atoms with Gasteiger partial charge in [-0.2, -0.15) is 0 Å². The van der Waals surface area contributed by atoms with Crippen molar-refractivity contribution in [3.8, 4) is 0 Å². The number of hydrogen-bond donors (Lipinski definition) is 2. The minimum Gasteiger partial charge on any atom is -0.388 e. The second-order valence-electron chi connectivity index (χ2n) is 4.32. The molecule has 0 amide bonds. The van der Waals surface area contributed by atoms with Gasteiger partial charge in [-0.25, -0.2) is 0 Å². The van der Waals surface area contributed by atoms with Gasteiger partial charge in [0.2, 0.25) is 0 Å². The third-order valence-corrected chi connectivity index (χ3v) is 2.90. The first-order valence-corrected chi connectivity index (χ1v) is 5.56. The van der Waals surface area contributed by atoms with Crippen molar-refractivity contribution >= 4 is 11.4 Å². The lowest BCUT2D eigenvalue weighted by Crippen LogP contribution is -2.27. The quantitative estimate of drug-likeness (QED) is 0.747. The van der Waals surface area contributed by atoms with Crippen molar-refractivity contribution in [1.82, 2.24) is 4.90 Å². The Kier molecular flexibility index (Phi) is 4.50. The summed E-state index contributed by atoms with van der Waals surface area (Å²) in [6.07, 6.45) is 0.784. The summed E-state index contributed by atoms with van der Waals surface area (Å²) in [6.45, 7) is 2.14. The van der Waals surface area contributed by atoms with Crippen LogP contribution in [-0.4, -0.2) is 37.8 Å². The molecule has 0 heterocycles. The van der Waals surface area contributed by atoms with Crippen LogP contribution in [0.2, 0.25) is 0 Å². The second-order valence-corrected chi connectivity index (χ2v) is 4.32. The highest BCUT2D eigenvalue weighted by Crippen LogP contribution is 2.12. The number of nitrogens with zero attached hydrogens (tertiary/aromatic N) is 1. The Balaban J connectivity index is 2.66. The Morgan fingerprint density at radius 1 is 1.31 bits per heavy atom. The van der Waals surface area contributed by atoms with Crippen LogP contribution in [0.3, 0.4) is 0 Å². The smallest absolute Gasteiger partial charge is 0.0401 e. The highest BCUT2D eigenvalue weighted by Gasteiger charge is 2.09. The van der Waals surface area contributed by atoms with Gasteiger partial charge in [-0.3, -0.25) is 0 Å². The van der Waals surface area contributed by atoms with E-state index in [1.807, 2.05) is 45.4 Å². The van der Waals surface area contributed by atoms with Gasteiger partial charge in [-0.1, -0.05) is 12.1 Å². The molecule has 1 atom stereocenters. The Morgan fingerprint density at radius 2 is 1.88 bits per heavy atom. The van der Waals surface area contributed by atoms with Crippen LogP contribution in [0.5, 0.6) is 0 Å². The van der Waals surface area contributed by atoms with Crippen LogP contribution >= 0.6 is 0 Å². The molecule has 0 radical (unpaired) electrons. The van der Waals surface area contributed by atoms with Crippen LogP contribution in [0.25, 0.3) is 0 Å². The van der Waals surface area contributed by atoms with Crippen LogP contribution in [0.4, 0.5) is 5.69 Å². The first kappa shape index (κ1) is 12.7. The molecular formula is C13H21N3. The molecule has 0 bridgehead atoms. The van der Waals surface area contributed by atoms with Crippen LogP contribution in [0, 0.1) is 5.41 Å². The maximum atomic E-state index is 8.03. The first-order valence-electron chi connectivity index (χ1n) is 5.56. The Labute approximate surface area is 98.0 Å². The molecule has 0 saturated heterocycles. The van der Waals surface area contributed by atoms with Crippen molar-refractivity contribution < 1.29 is 0 Å². The SMILES string of the molecule is CNc1ccc(C(=N)CC(C)N(C)C)cc1. The van der Waals surface area contributed by atoms with E-state index >= 15 is 0 Å². The molecule has 0 saturated carbocycles. The molecule has 88 valence electrons. The topological polar surface area (TPSA) is 39.1 Å². The first-order chi connectivity index (χ1) is 7.54. The molecule has 0 aromatic heterocycles. The van der Waals surface area contributed by atoms with Crippen LogP contribution in [-0.2, 0) is 0 Å². The number of rotatable bonds is 5. The molecule has 0 aliphatic carbocycles. The summed E-state index contributed by atoms with van der Waals surface area (Å²) >= 11 is 0. The monoisotopic (exact) mass is 219 g/mol. The molecule has 2 N–H and O–H groups in total. The van der Waals surface area contributed by atoms with Crippen molar-refractivity contribution in [2.24, 2.45) is 0 Å². The van der Waals surface area contributed by atoms with Gasteiger partial charge in [0.05, 0.1) is 0 Å². The molecule has 16 heavy (non-hydrogen) atoms. The lowest BCUT2D eigenvalue weighted by molar-refractivity contribution is 0.321. The molecule has 1 aromatic carbocycles. The summed E-state index contributed by atoms with van der Waals surface area (Å²) in [4.78, 5) is 2.14. The van der Waals surface area contributed by atoms with E-state index in [0.29, 0.717) is 11.8 Å². The lowest BCUT2D eigenvalue weighted by atomic mass is 10.0. The highest BCUT2D eigenvalue weighted by atomic mass is 15.1. The summed E-state index contributed by atoms with van der Waals surface area (Å²) in [6, 6.07) is 8.40. The van der Waals surface area contributed by atoms with Crippen molar-refractivity contribution in [3.05, 3.63) is 29.8 Å².